The molecule has 25 heavy (non-hydrogen) atoms. The number of aromatic nitrogens is 2. The van der Waals surface area contributed by atoms with Gasteiger partial charge in [0.05, 0.1) is 23.4 Å². The summed E-state index contributed by atoms with van der Waals surface area (Å²) in [5.74, 6) is -2.53. The first-order valence-electron chi connectivity index (χ1n) is 8.04. The van der Waals surface area contributed by atoms with E-state index in [2.05, 4.69) is 10.4 Å². The Bertz CT molecular complexity index is 807. The van der Waals surface area contributed by atoms with Crippen molar-refractivity contribution in [2.24, 2.45) is 5.92 Å². The Kier molecular flexibility index (Phi) is 5.38. The van der Waals surface area contributed by atoms with Gasteiger partial charge in [-0.1, -0.05) is 29.8 Å². The van der Waals surface area contributed by atoms with Gasteiger partial charge in [0.15, 0.2) is 11.7 Å². The summed E-state index contributed by atoms with van der Waals surface area (Å²) >= 11 is 0. The van der Waals surface area contributed by atoms with Gasteiger partial charge in [-0.15, -0.1) is 0 Å². The number of Topliss-reactive ketones (excluding diaryl/α,β-unsaturated/α-hetero) is 1. The molecule has 1 atom stereocenters. The van der Waals surface area contributed by atoms with Gasteiger partial charge in [-0.3, -0.25) is 14.3 Å². The Morgan fingerprint density at radius 1 is 1.28 bits per heavy atom. The van der Waals surface area contributed by atoms with Crippen LogP contribution in [0.4, 0.5) is 0 Å². The fourth-order valence-electron chi connectivity index (χ4n) is 2.22. The molecule has 0 aliphatic heterocycles. The van der Waals surface area contributed by atoms with Crippen LogP contribution in [0, 0.1) is 24.2 Å². The number of amides is 1. The molecule has 0 bridgehead atoms. The zero-order valence-corrected chi connectivity index (χ0v) is 14.9. The smallest absolute Gasteiger partial charge is 0.245 e. The number of nitrogens with zero attached hydrogens (tertiary/aromatic N) is 3. The average Bonchev–Trinajstić information content (AvgIpc) is 3.05. The summed E-state index contributed by atoms with van der Waals surface area (Å²) < 4.78 is 1.64. The molecule has 0 radical (unpaired) electrons. The highest BCUT2D eigenvalue weighted by molar-refractivity contribution is 6.11. The monoisotopic (exact) mass is 338 g/mol. The second-order valence-corrected chi connectivity index (χ2v) is 6.97. The third-order valence-electron chi connectivity index (χ3n) is 3.80. The first-order chi connectivity index (χ1) is 11.7. The minimum Gasteiger partial charge on any atom is -0.350 e. The zero-order valence-electron chi connectivity index (χ0n) is 14.9. The molecule has 130 valence electrons. The molecule has 2 rings (SSSR count). The highest BCUT2D eigenvalue weighted by Gasteiger charge is 2.29. The first kappa shape index (κ1) is 18.4. The van der Waals surface area contributed by atoms with Gasteiger partial charge >= 0.3 is 0 Å². The van der Waals surface area contributed by atoms with E-state index in [-0.39, 0.29) is 17.6 Å². The predicted octanol–water partition coefficient (Wildman–Crippen LogP) is 2.59. The number of benzene rings is 1. The summed E-state index contributed by atoms with van der Waals surface area (Å²) in [4.78, 5) is 24.7. The van der Waals surface area contributed by atoms with Crippen molar-refractivity contribution in [1.29, 1.82) is 5.26 Å². The fraction of sp³-hybridized carbons (Fsp3) is 0.368. The van der Waals surface area contributed by atoms with E-state index in [4.69, 9.17) is 0 Å². The molecule has 2 aromatic rings. The van der Waals surface area contributed by atoms with Crippen molar-refractivity contribution < 1.29 is 9.59 Å². The van der Waals surface area contributed by atoms with Gasteiger partial charge in [0, 0.05) is 12.7 Å². The van der Waals surface area contributed by atoms with Crippen molar-refractivity contribution in [3.63, 3.8) is 0 Å². The Morgan fingerprint density at radius 3 is 2.44 bits per heavy atom. The molecule has 0 saturated carbocycles. The van der Waals surface area contributed by atoms with Gasteiger partial charge < -0.3 is 5.32 Å². The lowest BCUT2D eigenvalue weighted by Crippen LogP contribution is -2.34. The normalized spacial score (nSPS) is 12.3. The van der Waals surface area contributed by atoms with E-state index in [0.717, 1.165) is 11.1 Å². The van der Waals surface area contributed by atoms with Gasteiger partial charge in [0.1, 0.15) is 0 Å². The number of ketones is 1. The number of nitriles is 1. The lowest BCUT2D eigenvalue weighted by atomic mass is 10.00. The molecule has 0 unspecified atom stereocenters. The molecule has 1 aromatic heterocycles. The molecule has 6 heteroatoms. The second kappa shape index (κ2) is 7.31. The molecule has 1 amide bonds. The van der Waals surface area contributed by atoms with E-state index in [1.165, 1.54) is 6.20 Å². The molecule has 0 saturated heterocycles. The maximum absolute atomic E-state index is 12.5. The quantitative estimate of drug-likeness (QED) is 0.670. The van der Waals surface area contributed by atoms with Gasteiger partial charge in [0.25, 0.3) is 0 Å². The summed E-state index contributed by atoms with van der Waals surface area (Å²) in [7, 11) is 0. The third kappa shape index (κ3) is 4.54. The molecule has 6 nitrogen and oxygen atoms in total. The lowest BCUT2D eigenvalue weighted by Gasteiger charge is -2.18. The van der Waals surface area contributed by atoms with Crippen molar-refractivity contribution in [2.75, 3.05) is 0 Å². The van der Waals surface area contributed by atoms with Gasteiger partial charge in [-0.05, 0) is 33.3 Å². The van der Waals surface area contributed by atoms with Crippen LogP contribution in [-0.2, 0) is 16.9 Å². The van der Waals surface area contributed by atoms with Gasteiger partial charge in [-0.2, -0.15) is 10.4 Å². The number of hydrogen-bond donors (Lipinski definition) is 1. The Hall–Kier alpha value is -2.94. The summed E-state index contributed by atoms with van der Waals surface area (Å²) in [5, 5.41) is 16.1. The van der Waals surface area contributed by atoms with Crippen molar-refractivity contribution >= 4 is 11.7 Å². The van der Waals surface area contributed by atoms with Crippen LogP contribution in [-0.4, -0.2) is 21.5 Å². The van der Waals surface area contributed by atoms with E-state index in [1.807, 2.05) is 52.0 Å². The van der Waals surface area contributed by atoms with Crippen molar-refractivity contribution in [2.45, 2.75) is 39.8 Å². The SMILES string of the molecule is Cc1ccc(CNC(=O)[C@H](C#N)C(=O)c2cnn(C(C)(C)C)c2)cc1. The van der Waals surface area contributed by atoms with Crippen LogP contribution in [0.1, 0.15) is 42.3 Å². The molecule has 1 aromatic carbocycles. The van der Waals surface area contributed by atoms with Crippen LogP contribution < -0.4 is 5.32 Å². The molecule has 0 aliphatic carbocycles. The number of nitrogens with one attached hydrogen (secondary N) is 1. The van der Waals surface area contributed by atoms with E-state index in [1.54, 1.807) is 16.9 Å². The van der Waals surface area contributed by atoms with E-state index in [9.17, 15) is 14.9 Å². The average molecular weight is 338 g/mol. The summed E-state index contributed by atoms with van der Waals surface area (Å²) in [6, 6.07) is 9.46. The van der Waals surface area contributed by atoms with E-state index >= 15 is 0 Å². The van der Waals surface area contributed by atoms with Crippen LogP contribution in [0.3, 0.4) is 0 Å². The second-order valence-electron chi connectivity index (χ2n) is 6.97. The fourth-order valence-corrected chi connectivity index (χ4v) is 2.22. The van der Waals surface area contributed by atoms with E-state index < -0.39 is 17.6 Å². The van der Waals surface area contributed by atoms with Crippen molar-refractivity contribution in [3.8, 4) is 6.07 Å². The molecular formula is C19H22N4O2. The lowest BCUT2D eigenvalue weighted by molar-refractivity contribution is -0.122. The van der Waals surface area contributed by atoms with Gasteiger partial charge in [0.2, 0.25) is 5.91 Å². The maximum atomic E-state index is 12.5. The molecule has 0 aliphatic rings. The third-order valence-corrected chi connectivity index (χ3v) is 3.80. The minimum absolute atomic E-state index is 0.256. The van der Waals surface area contributed by atoms with Crippen LogP contribution in [0.5, 0.6) is 0 Å². The Morgan fingerprint density at radius 2 is 1.92 bits per heavy atom. The molecule has 0 spiro atoms. The predicted molar refractivity (Wildman–Crippen MR) is 93.7 cm³/mol. The summed E-state index contributed by atoms with van der Waals surface area (Å²) in [6.45, 7) is 8.09. The van der Waals surface area contributed by atoms with Crippen LogP contribution in [0.25, 0.3) is 0 Å². The number of carbonyl (C=O) groups is 2. The highest BCUT2D eigenvalue weighted by atomic mass is 16.2. The number of rotatable bonds is 5. The topological polar surface area (TPSA) is 87.8 Å². The standard InChI is InChI=1S/C19H22N4O2/c1-13-5-7-14(8-6-13)10-21-18(25)16(9-20)17(24)15-11-22-23(12-15)19(2,3)4/h5-8,11-12,16H,10H2,1-4H3,(H,21,25)/t16-/m1/s1. The largest absolute Gasteiger partial charge is 0.350 e. The van der Waals surface area contributed by atoms with E-state index in [0.29, 0.717) is 0 Å². The van der Waals surface area contributed by atoms with Crippen molar-refractivity contribution in [1.82, 2.24) is 15.1 Å². The summed E-state index contributed by atoms with van der Waals surface area (Å²) in [6.07, 6.45) is 2.96. The Balaban J connectivity index is 2.06. The minimum atomic E-state index is -1.39. The number of hydrogen-bond acceptors (Lipinski definition) is 4. The first-order valence-corrected chi connectivity index (χ1v) is 8.04. The van der Waals surface area contributed by atoms with Crippen LogP contribution in [0.2, 0.25) is 0 Å². The number of aryl methyl sites for hydroxylation is 1. The van der Waals surface area contributed by atoms with Gasteiger partial charge in [-0.25, -0.2) is 0 Å². The highest BCUT2D eigenvalue weighted by Crippen LogP contribution is 2.16. The zero-order chi connectivity index (χ0) is 18.6. The van der Waals surface area contributed by atoms with Crippen LogP contribution in [0.15, 0.2) is 36.7 Å². The molecule has 0 fully saturated rings. The van der Waals surface area contributed by atoms with Crippen molar-refractivity contribution in [3.05, 3.63) is 53.3 Å². The maximum Gasteiger partial charge on any atom is 0.245 e. The molecule has 1 heterocycles. The van der Waals surface area contributed by atoms with Crippen LogP contribution >= 0.6 is 0 Å². The molecule has 1 N–H and O–H groups in total. The Labute approximate surface area is 147 Å². The summed E-state index contributed by atoms with van der Waals surface area (Å²) in [5.41, 5.74) is 2.00. The number of carbonyl (C=O) groups excluding carboxylic acids is 2. The molecular weight excluding hydrogens is 316 g/mol.